The van der Waals surface area contributed by atoms with E-state index >= 15 is 0 Å². The summed E-state index contributed by atoms with van der Waals surface area (Å²) in [7, 11) is 0. The molecule has 2 amide bonds. The number of hydrogen-bond donors (Lipinski definition) is 9. The van der Waals surface area contributed by atoms with Crippen LogP contribution in [0.25, 0.3) is 0 Å². The normalized spacial score (nSPS) is 33.6. The number of hydrogen-bond acceptors (Lipinski definition) is 13. The van der Waals surface area contributed by atoms with Crippen LogP contribution in [0, 0.1) is 0 Å². The van der Waals surface area contributed by atoms with E-state index in [2.05, 4.69) is 24.5 Å². The third kappa shape index (κ3) is 11.0. The van der Waals surface area contributed by atoms with Crippen molar-refractivity contribution in [2.75, 3.05) is 26.4 Å². The van der Waals surface area contributed by atoms with E-state index in [9.17, 15) is 40.5 Å². The lowest BCUT2D eigenvalue weighted by Gasteiger charge is -2.46. The molecular weight excluding hydrogens is 584 g/mol. The van der Waals surface area contributed by atoms with Crippen LogP contribution in [0.15, 0.2) is 0 Å². The summed E-state index contributed by atoms with van der Waals surface area (Å²) in [6.07, 6.45) is -6.34. The van der Waals surface area contributed by atoms with Crippen molar-refractivity contribution in [3.63, 3.8) is 0 Å². The van der Waals surface area contributed by atoms with Gasteiger partial charge in [-0.05, 0) is 26.7 Å². The van der Waals surface area contributed by atoms with Gasteiger partial charge in [0, 0.05) is 0 Å². The van der Waals surface area contributed by atoms with Crippen LogP contribution < -0.4 is 10.6 Å². The molecule has 1 unspecified atom stereocenters. The first-order chi connectivity index (χ1) is 20.9. The van der Waals surface area contributed by atoms with Gasteiger partial charge in [0.1, 0.15) is 48.8 Å². The van der Waals surface area contributed by atoms with Gasteiger partial charge >= 0.3 is 6.03 Å². The minimum Gasteiger partial charge on any atom is -0.394 e. The summed E-state index contributed by atoms with van der Waals surface area (Å²) in [5.41, 5.74) is 0. The zero-order valence-electron chi connectivity index (χ0n) is 26.4. The second-order valence-corrected chi connectivity index (χ2v) is 11.7. The molecule has 2 aliphatic rings. The van der Waals surface area contributed by atoms with E-state index in [1.54, 1.807) is 13.8 Å². The summed E-state index contributed by atoms with van der Waals surface area (Å²) in [5, 5.41) is 76.6. The molecule has 0 aromatic rings. The number of aliphatic hydroxyl groups excluding tert-OH is 7. The summed E-state index contributed by atoms with van der Waals surface area (Å²) >= 11 is 0. The molecule has 2 saturated heterocycles. The molecule has 44 heavy (non-hydrogen) atoms. The second-order valence-electron chi connectivity index (χ2n) is 11.7. The number of unbranched alkanes of at least 4 members (excludes halogenated alkanes) is 6. The molecule has 9 N–H and O–H groups in total. The Kier molecular flexibility index (Phi) is 17.2. The Labute approximate surface area is 259 Å². The molecule has 0 aromatic carbocycles. The van der Waals surface area contributed by atoms with Gasteiger partial charge in [-0.2, -0.15) is 0 Å². The maximum absolute atomic E-state index is 13.1. The zero-order valence-corrected chi connectivity index (χ0v) is 26.4. The minimum absolute atomic E-state index is 0.437. The van der Waals surface area contributed by atoms with E-state index in [-0.39, 0.29) is 0 Å². The number of carbonyl (C=O) groups excluding carboxylic acids is 1. The summed E-state index contributed by atoms with van der Waals surface area (Å²) in [6.45, 7) is 7.15. The third-order valence-electron chi connectivity index (χ3n) is 8.22. The molecule has 0 aromatic heterocycles. The smallest absolute Gasteiger partial charge is 0.315 e. The van der Waals surface area contributed by atoms with Gasteiger partial charge in [-0.25, -0.2) is 4.79 Å². The number of ether oxygens (including phenoxy) is 5. The Balaban J connectivity index is 2.08. The Morgan fingerprint density at radius 1 is 0.795 bits per heavy atom. The standard InChI is InChI=1S/C29H56N2O13/c1-5-7-9-11-13-40-29(4,41-14-12-10-8-6-2)17(3)30-28(39)31-20-22(35)25(19(16-33)42-26(20)38)44-27-24(37)23(36)21(34)18(15-32)43-27/h17-27,32-38H,5-16H2,1-4H3,(H2,30,31,39)/t17?,18-,19-,20-,21-,22-,23+,24-,25-,26-,27-/m1/s1. The highest BCUT2D eigenvalue weighted by Gasteiger charge is 2.51. The molecule has 260 valence electrons. The van der Waals surface area contributed by atoms with Crippen molar-refractivity contribution in [2.45, 2.75) is 152 Å². The topological polar surface area (TPSA) is 229 Å². The van der Waals surface area contributed by atoms with Crippen LogP contribution in [0.4, 0.5) is 4.79 Å². The lowest BCUT2D eigenvalue weighted by Crippen LogP contribution is -2.68. The van der Waals surface area contributed by atoms with Crippen LogP contribution in [-0.4, -0.2) is 141 Å². The van der Waals surface area contributed by atoms with Crippen LogP contribution in [0.2, 0.25) is 0 Å². The van der Waals surface area contributed by atoms with Crippen LogP contribution in [0.1, 0.15) is 79.1 Å². The predicted molar refractivity (Wildman–Crippen MR) is 156 cm³/mol. The molecule has 0 spiro atoms. The lowest BCUT2D eigenvalue weighted by molar-refractivity contribution is -0.345. The van der Waals surface area contributed by atoms with Gasteiger partial charge in [0.25, 0.3) is 0 Å². The highest BCUT2D eigenvalue weighted by atomic mass is 16.7. The lowest BCUT2D eigenvalue weighted by atomic mass is 9.95. The van der Waals surface area contributed by atoms with Crippen molar-refractivity contribution in [3.05, 3.63) is 0 Å². The fourth-order valence-corrected chi connectivity index (χ4v) is 5.16. The number of aliphatic hydroxyl groups is 7. The van der Waals surface area contributed by atoms with Crippen molar-refractivity contribution < 1.29 is 64.2 Å². The van der Waals surface area contributed by atoms with Gasteiger partial charge in [-0.1, -0.05) is 52.4 Å². The first-order valence-corrected chi connectivity index (χ1v) is 15.9. The van der Waals surface area contributed by atoms with Crippen molar-refractivity contribution in [3.8, 4) is 0 Å². The number of amides is 2. The van der Waals surface area contributed by atoms with E-state index in [1.165, 1.54) is 0 Å². The van der Waals surface area contributed by atoms with Crippen molar-refractivity contribution in [2.24, 2.45) is 0 Å². The first-order valence-electron chi connectivity index (χ1n) is 15.9. The maximum atomic E-state index is 13.1. The summed E-state index contributed by atoms with van der Waals surface area (Å²) in [5.74, 6) is -1.16. The molecule has 2 heterocycles. The zero-order chi connectivity index (χ0) is 32.9. The van der Waals surface area contributed by atoms with E-state index in [0.29, 0.717) is 13.2 Å². The van der Waals surface area contributed by atoms with E-state index in [4.69, 9.17) is 23.7 Å². The second kappa shape index (κ2) is 19.5. The summed E-state index contributed by atoms with van der Waals surface area (Å²) in [6, 6.07) is -2.91. The molecule has 0 saturated carbocycles. The number of nitrogens with one attached hydrogen (secondary N) is 2. The molecule has 15 nitrogen and oxygen atoms in total. The molecule has 0 bridgehead atoms. The van der Waals surface area contributed by atoms with E-state index in [0.717, 1.165) is 51.4 Å². The number of urea groups is 1. The Bertz CT molecular complexity index is 795. The van der Waals surface area contributed by atoms with Crippen LogP contribution in [0.5, 0.6) is 0 Å². The molecule has 2 fully saturated rings. The van der Waals surface area contributed by atoms with Gasteiger partial charge < -0.3 is 70.1 Å². The van der Waals surface area contributed by atoms with Gasteiger partial charge in [-0.3, -0.25) is 0 Å². The number of rotatable bonds is 19. The van der Waals surface area contributed by atoms with Gasteiger partial charge in [0.2, 0.25) is 0 Å². The average molecular weight is 641 g/mol. The quantitative estimate of drug-likeness (QED) is 0.0624. The maximum Gasteiger partial charge on any atom is 0.315 e. The van der Waals surface area contributed by atoms with Crippen molar-refractivity contribution in [1.29, 1.82) is 0 Å². The monoisotopic (exact) mass is 640 g/mol. The van der Waals surface area contributed by atoms with Crippen molar-refractivity contribution in [1.82, 2.24) is 10.6 Å². The molecule has 0 radical (unpaired) electrons. The largest absolute Gasteiger partial charge is 0.394 e. The fraction of sp³-hybridized carbons (Fsp3) is 0.966. The molecule has 11 atom stereocenters. The van der Waals surface area contributed by atoms with Gasteiger partial charge in [0.05, 0.1) is 32.5 Å². The SMILES string of the molecule is CCCCCCOC(C)(OCCCCCC)C(C)NC(=O)N[C@@H]1[C@@H](O)[C@H](O[C@H]2O[C@H](CO)[C@@H](O)[C@H](O)[C@H]2O)[C@@H](CO)O[C@H]1O. The summed E-state index contributed by atoms with van der Waals surface area (Å²) < 4.78 is 28.6. The van der Waals surface area contributed by atoms with Crippen LogP contribution in [0.3, 0.4) is 0 Å². The molecule has 2 rings (SSSR count). The van der Waals surface area contributed by atoms with Crippen LogP contribution in [-0.2, 0) is 23.7 Å². The Morgan fingerprint density at radius 3 is 1.89 bits per heavy atom. The highest BCUT2D eigenvalue weighted by molar-refractivity contribution is 5.74. The highest BCUT2D eigenvalue weighted by Crippen LogP contribution is 2.29. The third-order valence-corrected chi connectivity index (χ3v) is 8.22. The van der Waals surface area contributed by atoms with Gasteiger partial charge in [-0.15, -0.1) is 0 Å². The Morgan fingerprint density at radius 2 is 1.36 bits per heavy atom. The van der Waals surface area contributed by atoms with E-state index < -0.39 is 92.4 Å². The summed E-state index contributed by atoms with van der Waals surface area (Å²) in [4.78, 5) is 13.1. The average Bonchev–Trinajstić information content (AvgIpc) is 3.00. The molecule has 15 heteroatoms. The molecular formula is C29H56N2O13. The Hall–Kier alpha value is -1.21. The van der Waals surface area contributed by atoms with Gasteiger partial charge in [0.15, 0.2) is 18.4 Å². The van der Waals surface area contributed by atoms with E-state index in [1.807, 2.05) is 0 Å². The van der Waals surface area contributed by atoms with Crippen molar-refractivity contribution >= 4 is 6.03 Å². The number of carbonyl (C=O) groups is 1. The van der Waals surface area contributed by atoms with Crippen LogP contribution >= 0.6 is 0 Å². The fourth-order valence-electron chi connectivity index (χ4n) is 5.16. The molecule has 2 aliphatic heterocycles. The molecule has 0 aliphatic carbocycles. The predicted octanol–water partition coefficient (Wildman–Crippen LogP) is -0.792. The minimum atomic E-state index is -1.79. The first kappa shape index (κ1) is 39.0.